The van der Waals surface area contributed by atoms with Crippen LogP contribution in [0.4, 0.5) is 0 Å². The topological polar surface area (TPSA) is 28.7 Å². The lowest BCUT2D eigenvalue weighted by Gasteiger charge is -1.93. The third-order valence-corrected chi connectivity index (χ3v) is 3.89. The molecule has 1 N–H and O–H groups in total. The summed E-state index contributed by atoms with van der Waals surface area (Å²) in [7, 11) is 0. The van der Waals surface area contributed by atoms with Crippen LogP contribution in [0, 0.1) is 6.92 Å². The third-order valence-electron chi connectivity index (χ3n) is 2.59. The van der Waals surface area contributed by atoms with Crippen LogP contribution in [0.3, 0.4) is 0 Å². The summed E-state index contributed by atoms with van der Waals surface area (Å²) in [6.07, 6.45) is 3.59. The standard InChI is InChI=1S/C12H10N2S/c1-8-9-4-2-3-5-11(9)15-12(8)10-6-13-7-14-10/h2-7H,1H3,(H,13,14). The molecule has 0 aliphatic heterocycles. The lowest BCUT2D eigenvalue weighted by Crippen LogP contribution is -1.74. The molecule has 0 amide bonds. The number of hydrogen-bond acceptors (Lipinski definition) is 2. The molecule has 3 heteroatoms. The summed E-state index contributed by atoms with van der Waals surface area (Å²) < 4.78 is 1.33. The maximum absolute atomic E-state index is 4.06. The van der Waals surface area contributed by atoms with Gasteiger partial charge in [-0.3, -0.25) is 0 Å². The Kier molecular flexibility index (Phi) is 1.86. The highest BCUT2D eigenvalue weighted by molar-refractivity contribution is 7.22. The highest BCUT2D eigenvalue weighted by atomic mass is 32.1. The van der Waals surface area contributed by atoms with Crippen molar-refractivity contribution in [3.05, 3.63) is 42.4 Å². The Morgan fingerprint density at radius 3 is 2.87 bits per heavy atom. The smallest absolute Gasteiger partial charge is 0.0924 e. The number of imidazole rings is 1. The molecular weight excluding hydrogens is 204 g/mol. The molecule has 74 valence electrons. The van der Waals surface area contributed by atoms with Gasteiger partial charge in [0.25, 0.3) is 0 Å². The number of benzene rings is 1. The van der Waals surface area contributed by atoms with Gasteiger partial charge in [-0.2, -0.15) is 0 Å². The normalized spacial score (nSPS) is 11.0. The SMILES string of the molecule is Cc1c(-c2cnc[nH]2)sc2ccccc12. The Labute approximate surface area is 91.6 Å². The number of nitrogens with zero attached hydrogens (tertiary/aromatic N) is 1. The third kappa shape index (κ3) is 1.27. The van der Waals surface area contributed by atoms with Crippen LogP contribution in [0.15, 0.2) is 36.8 Å². The number of aryl methyl sites for hydroxylation is 1. The molecule has 0 unspecified atom stereocenters. The van der Waals surface area contributed by atoms with Crippen LogP contribution in [0.5, 0.6) is 0 Å². The Morgan fingerprint density at radius 1 is 1.27 bits per heavy atom. The summed E-state index contributed by atoms with van der Waals surface area (Å²) in [6.45, 7) is 2.16. The fraction of sp³-hybridized carbons (Fsp3) is 0.0833. The van der Waals surface area contributed by atoms with Crippen LogP contribution in [-0.2, 0) is 0 Å². The molecule has 0 saturated carbocycles. The first-order valence-corrected chi connectivity index (χ1v) is 5.65. The Balaban J connectivity index is 2.33. The van der Waals surface area contributed by atoms with Crippen molar-refractivity contribution in [1.29, 1.82) is 0 Å². The van der Waals surface area contributed by atoms with E-state index in [0.717, 1.165) is 5.69 Å². The Bertz CT molecular complexity index is 593. The molecule has 0 aliphatic carbocycles. The molecule has 0 aliphatic rings. The Hall–Kier alpha value is -1.61. The predicted octanol–water partition coefficient (Wildman–Crippen LogP) is 3.60. The summed E-state index contributed by atoms with van der Waals surface area (Å²) in [4.78, 5) is 8.50. The van der Waals surface area contributed by atoms with Crippen molar-refractivity contribution < 1.29 is 0 Å². The first-order chi connectivity index (χ1) is 7.36. The summed E-state index contributed by atoms with van der Waals surface area (Å²) in [6, 6.07) is 8.49. The lowest BCUT2D eigenvalue weighted by molar-refractivity contribution is 1.31. The van der Waals surface area contributed by atoms with E-state index in [1.165, 1.54) is 20.5 Å². The van der Waals surface area contributed by atoms with Crippen molar-refractivity contribution >= 4 is 21.4 Å². The van der Waals surface area contributed by atoms with Gasteiger partial charge >= 0.3 is 0 Å². The first-order valence-electron chi connectivity index (χ1n) is 4.83. The van der Waals surface area contributed by atoms with E-state index in [1.54, 1.807) is 6.33 Å². The summed E-state index contributed by atoms with van der Waals surface area (Å²) >= 11 is 1.81. The minimum Gasteiger partial charge on any atom is -0.344 e. The van der Waals surface area contributed by atoms with Crippen LogP contribution < -0.4 is 0 Å². The fourth-order valence-corrected chi connectivity index (χ4v) is 2.99. The van der Waals surface area contributed by atoms with Crippen molar-refractivity contribution in [2.75, 3.05) is 0 Å². The van der Waals surface area contributed by atoms with Gasteiger partial charge in [-0.05, 0) is 23.9 Å². The van der Waals surface area contributed by atoms with E-state index in [4.69, 9.17) is 0 Å². The molecule has 3 rings (SSSR count). The molecule has 3 aromatic rings. The minimum atomic E-state index is 1.11. The second-order valence-electron chi connectivity index (χ2n) is 3.52. The number of rotatable bonds is 1. The van der Waals surface area contributed by atoms with Crippen LogP contribution in [0.2, 0.25) is 0 Å². The quantitative estimate of drug-likeness (QED) is 0.658. The van der Waals surface area contributed by atoms with E-state index in [1.807, 2.05) is 17.5 Å². The van der Waals surface area contributed by atoms with Crippen LogP contribution >= 0.6 is 11.3 Å². The molecule has 0 atom stereocenters. The predicted molar refractivity (Wildman–Crippen MR) is 64.1 cm³/mol. The number of fused-ring (bicyclic) bond motifs is 1. The van der Waals surface area contributed by atoms with Crippen LogP contribution in [-0.4, -0.2) is 9.97 Å². The average molecular weight is 214 g/mol. The molecule has 1 aromatic carbocycles. The number of nitrogens with one attached hydrogen (secondary N) is 1. The number of thiophene rings is 1. The molecule has 2 aromatic heterocycles. The van der Waals surface area contributed by atoms with Gasteiger partial charge < -0.3 is 4.98 Å². The molecule has 2 nitrogen and oxygen atoms in total. The maximum atomic E-state index is 4.06. The molecule has 2 heterocycles. The fourth-order valence-electron chi connectivity index (χ4n) is 1.81. The molecule has 0 spiro atoms. The van der Waals surface area contributed by atoms with Crippen molar-refractivity contribution in [1.82, 2.24) is 9.97 Å². The number of aromatic amines is 1. The molecule has 0 saturated heterocycles. The van der Waals surface area contributed by atoms with E-state index < -0.39 is 0 Å². The van der Waals surface area contributed by atoms with Gasteiger partial charge in [0.1, 0.15) is 0 Å². The first kappa shape index (κ1) is 8.68. The van der Waals surface area contributed by atoms with Gasteiger partial charge in [-0.15, -0.1) is 11.3 Å². The van der Waals surface area contributed by atoms with Crippen molar-refractivity contribution in [2.45, 2.75) is 6.92 Å². The van der Waals surface area contributed by atoms with Crippen LogP contribution in [0.1, 0.15) is 5.56 Å². The zero-order valence-corrected chi connectivity index (χ0v) is 9.14. The van der Waals surface area contributed by atoms with E-state index >= 15 is 0 Å². The van der Waals surface area contributed by atoms with Gasteiger partial charge in [-0.1, -0.05) is 18.2 Å². The summed E-state index contributed by atoms with van der Waals surface area (Å²) in [5.41, 5.74) is 2.44. The van der Waals surface area contributed by atoms with E-state index in [9.17, 15) is 0 Å². The van der Waals surface area contributed by atoms with Crippen molar-refractivity contribution in [2.24, 2.45) is 0 Å². The lowest BCUT2D eigenvalue weighted by atomic mass is 10.1. The van der Waals surface area contributed by atoms with E-state index in [2.05, 4.69) is 41.2 Å². The van der Waals surface area contributed by atoms with E-state index in [-0.39, 0.29) is 0 Å². The monoisotopic (exact) mass is 214 g/mol. The number of hydrogen-bond donors (Lipinski definition) is 1. The highest BCUT2D eigenvalue weighted by Crippen LogP contribution is 2.36. The summed E-state index contributed by atoms with van der Waals surface area (Å²) in [5.74, 6) is 0. The van der Waals surface area contributed by atoms with E-state index in [0.29, 0.717) is 0 Å². The van der Waals surface area contributed by atoms with Gasteiger partial charge in [0.15, 0.2) is 0 Å². The molecular formula is C12H10N2S. The van der Waals surface area contributed by atoms with Crippen LogP contribution in [0.25, 0.3) is 20.7 Å². The molecule has 15 heavy (non-hydrogen) atoms. The molecule has 0 fully saturated rings. The number of H-pyrrole nitrogens is 1. The van der Waals surface area contributed by atoms with Crippen molar-refractivity contribution in [3.63, 3.8) is 0 Å². The van der Waals surface area contributed by atoms with Gasteiger partial charge in [0.2, 0.25) is 0 Å². The second-order valence-corrected chi connectivity index (χ2v) is 4.57. The zero-order chi connectivity index (χ0) is 10.3. The average Bonchev–Trinajstić information content (AvgIpc) is 2.87. The minimum absolute atomic E-state index is 1.11. The highest BCUT2D eigenvalue weighted by Gasteiger charge is 2.09. The Morgan fingerprint density at radius 2 is 2.13 bits per heavy atom. The molecule has 0 radical (unpaired) electrons. The van der Waals surface area contributed by atoms with Gasteiger partial charge in [0, 0.05) is 4.70 Å². The van der Waals surface area contributed by atoms with Gasteiger partial charge in [-0.25, -0.2) is 4.98 Å². The van der Waals surface area contributed by atoms with Crippen molar-refractivity contribution in [3.8, 4) is 10.6 Å². The number of aromatic nitrogens is 2. The summed E-state index contributed by atoms with van der Waals surface area (Å²) in [5, 5.41) is 1.34. The van der Waals surface area contributed by atoms with Gasteiger partial charge in [0.05, 0.1) is 23.1 Å². The largest absolute Gasteiger partial charge is 0.344 e. The second kappa shape index (κ2) is 3.21. The maximum Gasteiger partial charge on any atom is 0.0924 e. The zero-order valence-electron chi connectivity index (χ0n) is 8.32. The molecule has 0 bridgehead atoms.